The van der Waals surface area contributed by atoms with Crippen molar-refractivity contribution in [2.75, 3.05) is 52.5 Å². The van der Waals surface area contributed by atoms with E-state index in [-0.39, 0.29) is 17.9 Å². The Kier molecular flexibility index (Phi) is 5.93. The van der Waals surface area contributed by atoms with Gasteiger partial charge in [0, 0.05) is 49.9 Å². The first-order chi connectivity index (χ1) is 12.1. The zero-order valence-corrected chi connectivity index (χ0v) is 15.2. The minimum absolute atomic E-state index is 0.00527. The normalized spacial score (nSPS) is 20.4. The van der Waals surface area contributed by atoms with Crippen molar-refractivity contribution in [2.45, 2.75) is 13.0 Å². The lowest BCUT2D eigenvalue weighted by Crippen LogP contribution is -2.56. The Labute approximate surface area is 153 Å². The molecular weight excluding hydrogens is 342 g/mol. The minimum atomic E-state index is -0.165. The SMILES string of the molecule is CC(C(=O)N1CCOCC1)N1CCN(C(=O)c2cccc(Cl)c2)CC1. The molecule has 0 aliphatic carbocycles. The molecule has 0 saturated carbocycles. The van der Waals surface area contributed by atoms with Crippen molar-refractivity contribution < 1.29 is 14.3 Å². The second-order valence-electron chi connectivity index (χ2n) is 6.45. The van der Waals surface area contributed by atoms with Crippen LogP contribution in [0, 0.1) is 0 Å². The average Bonchev–Trinajstić information content (AvgIpc) is 2.67. The fourth-order valence-electron chi connectivity index (χ4n) is 3.32. The van der Waals surface area contributed by atoms with Gasteiger partial charge in [-0.3, -0.25) is 14.5 Å². The summed E-state index contributed by atoms with van der Waals surface area (Å²) >= 11 is 5.97. The number of amides is 2. The van der Waals surface area contributed by atoms with E-state index in [9.17, 15) is 9.59 Å². The summed E-state index contributed by atoms with van der Waals surface area (Å²) in [6, 6.07) is 6.86. The molecular formula is C18H24ClN3O3. The molecule has 6 nitrogen and oxygen atoms in total. The summed E-state index contributed by atoms with van der Waals surface area (Å²) in [5.74, 6) is 0.146. The maximum absolute atomic E-state index is 12.6. The molecule has 2 aliphatic heterocycles. The molecule has 25 heavy (non-hydrogen) atoms. The van der Waals surface area contributed by atoms with Crippen LogP contribution >= 0.6 is 11.6 Å². The second kappa shape index (κ2) is 8.17. The molecule has 3 rings (SSSR count). The smallest absolute Gasteiger partial charge is 0.253 e. The molecule has 2 heterocycles. The van der Waals surface area contributed by atoms with E-state index in [0.29, 0.717) is 63.1 Å². The van der Waals surface area contributed by atoms with Gasteiger partial charge >= 0.3 is 0 Å². The predicted molar refractivity (Wildman–Crippen MR) is 95.8 cm³/mol. The molecule has 1 unspecified atom stereocenters. The minimum Gasteiger partial charge on any atom is -0.378 e. The van der Waals surface area contributed by atoms with E-state index in [4.69, 9.17) is 16.3 Å². The van der Waals surface area contributed by atoms with Gasteiger partial charge in [0.25, 0.3) is 5.91 Å². The van der Waals surface area contributed by atoms with Gasteiger partial charge in [-0.2, -0.15) is 0 Å². The zero-order chi connectivity index (χ0) is 17.8. The number of benzene rings is 1. The number of carbonyl (C=O) groups excluding carboxylic acids is 2. The van der Waals surface area contributed by atoms with E-state index in [2.05, 4.69) is 4.90 Å². The molecule has 0 spiro atoms. The van der Waals surface area contributed by atoms with E-state index in [1.807, 2.05) is 16.7 Å². The Morgan fingerprint density at radius 2 is 1.72 bits per heavy atom. The van der Waals surface area contributed by atoms with Gasteiger partial charge in [-0.25, -0.2) is 0 Å². The Morgan fingerprint density at radius 3 is 2.36 bits per heavy atom. The molecule has 0 bridgehead atoms. The molecule has 1 aromatic rings. The van der Waals surface area contributed by atoms with Gasteiger partial charge in [0.15, 0.2) is 0 Å². The number of ether oxygens (including phenoxy) is 1. The first-order valence-corrected chi connectivity index (χ1v) is 9.09. The van der Waals surface area contributed by atoms with Crippen LogP contribution in [0.4, 0.5) is 0 Å². The van der Waals surface area contributed by atoms with Crippen LogP contribution in [0.1, 0.15) is 17.3 Å². The summed E-state index contributed by atoms with van der Waals surface area (Å²) in [4.78, 5) is 31.0. The van der Waals surface area contributed by atoms with Crippen LogP contribution in [0.5, 0.6) is 0 Å². The Morgan fingerprint density at radius 1 is 1.04 bits per heavy atom. The quantitative estimate of drug-likeness (QED) is 0.811. The van der Waals surface area contributed by atoms with Crippen LogP contribution in [0.2, 0.25) is 5.02 Å². The molecule has 0 aromatic heterocycles. The van der Waals surface area contributed by atoms with Gasteiger partial charge in [0.2, 0.25) is 5.91 Å². The molecule has 7 heteroatoms. The fraction of sp³-hybridized carbons (Fsp3) is 0.556. The molecule has 2 aliphatic rings. The predicted octanol–water partition coefficient (Wildman–Crippen LogP) is 1.35. The van der Waals surface area contributed by atoms with Gasteiger partial charge in [0.1, 0.15) is 0 Å². The molecule has 2 saturated heterocycles. The van der Waals surface area contributed by atoms with Crippen molar-refractivity contribution in [3.63, 3.8) is 0 Å². The summed E-state index contributed by atoms with van der Waals surface area (Å²) < 4.78 is 5.30. The van der Waals surface area contributed by atoms with E-state index in [1.165, 1.54) is 0 Å². The second-order valence-corrected chi connectivity index (χ2v) is 6.89. The van der Waals surface area contributed by atoms with Gasteiger partial charge < -0.3 is 14.5 Å². The molecule has 1 aromatic carbocycles. The maximum Gasteiger partial charge on any atom is 0.253 e. The van der Waals surface area contributed by atoms with E-state index < -0.39 is 0 Å². The highest BCUT2D eigenvalue weighted by atomic mass is 35.5. The standard InChI is InChI=1S/C18H24ClN3O3/c1-14(17(23)22-9-11-25-12-10-22)20-5-7-21(8-6-20)18(24)15-3-2-4-16(19)13-15/h2-4,13-14H,5-12H2,1H3. The Hall–Kier alpha value is -1.63. The van der Waals surface area contributed by atoms with E-state index in [1.54, 1.807) is 24.3 Å². The highest BCUT2D eigenvalue weighted by Crippen LogP contribution is 2.15. The highest BCUT2D eigenvalue weighted by molar-refractivity contribution is 6.30. The number of nitrogens with zero attached hydrogens (tertiary/aromatic N) is 3. The number of halogens is 1. The van der Waals surface area contributed by atoms with Gasteiger partial charge in [0.05, 0.1) is 19.3 Å². The number of hydrogen-bond donors (Lipinski definition) is 0. The van der Waals surface area contributed by atoms with Crippen molar-refractivity contribution in [1.82, 2.24) is 14.7 Å². The summed E-state index contributed by atoms with van der Waals surface area (Å²) in [5.41, 5.74) is 0.610. The highest BCUT2D eigenvalue weighted by Gasteiger charge is 2.30. The zero-order valence-electron chi connectivity index (χ0n) is 14.5. The monoisotopic (exact) mass is 365 g/mol. The van der Waals surface area contributed by atoms with Crippen LogP contribution in [0.15, 0.2) is 24.3 Å². The summed E-state index contributed by atoms with van der Waals surface area (Å²) in [7, 11) is 0. The molecule has 2 amide bonds. The molecule has 0 radical (unpaired) electrons. The van der Waals surface area contributed by atoms with Gasteiger partial charge in [-0.05, 0) is 25.1 Å². The Bertz CT molecular complexity index is 626. The van der Waals surface area contributed by atoms with Gasteiger partial charge in [-0.1, -0.05) is 17.7 Å². The number of morpholine rings is 1. The third-order valence-corrected chi connectivity index (χ3v) is 5.14. The molecule has 0 N–H and O–H groups in total. The largest absolute Gasteiger partial charge is 0.378 e. The van der Waals surface area contributed by atoms with E-state index >= 15 is 0 Å². The first kappa shape index (κ1) is 18.2. The van der Waals surface area contributed by atoms with E-state index in [0.717, 1.165) is 0 Å². The third-order valence-electron chi connectivity index (χ3n) is 4.90. The third kappa shape index (κ3) is 4.32. The topological polar surface area (TPSA) is 53.1 Å². The van der Waals surface area contributed by atoms with Crippen LogP contribution < -0.4 is 0 Å². The Balaban J connectivity index is 1.54. The number of hydrogen-bond acceptors (Lipinski definition) is 4. The van der Waals surface area contributed by atoms with Crippen LogP contribution in [0.25, 0.3) is 0 Å². The van der Waals surface area contributed by atoms with Crippen molar-refractivity contribution in [2.24, 2.45) is 0 Å². The number of piperazine rings is 1. The summed E-state index contributed by atoms with van der Waals surface area (Å²) in [6.45, 7) is 7.13. The van der Waals surface area contributed by atoms with Crippen LogP contribution in [-0.4, -0.2) is 85.0 Å². The van der Waals surface area contributed by atoms with Gasteiger partial charge in [-0.15, -0.1) is 0 Å². The van der Waals surface area contributed by atoms with Crippen molar-refractivity contribution >= 4 is 23.4 Å². The number of carbonyl (C=O) groups is 2. The summed E-state index contributed by atoms with van der Waals surface area (Å²) in [6.07, 6.45) is 0. The van der Waals surface area contributed by atoms with Crippen LogP contribution in [-0.2, 0) is 9.53 Å². The number of rotatable bonds is 3. The lowest BCUT2D eigenvalue weighted by Gasteiger charge is -2.39. The van der Waals surface area contributed by atoms with Crippen molar-refractivity contribution in [3.05, 3.63) is 34.9 Å². The fourth-order valence-corrected chi connectivity index (χ4v) is 3.51. The molecule has 136 valence electrons. The van der Waals surface area contributed by atoms with Crippen molar-refractivity contribution in [1.29, 1.82) is 0 Å². The van der Waals surface area contributed by atoms with Crippen molar-refractivity contribution in [3.8, 4) is 0 Å². The lowest BCUT2D eigenvalue weighted by molar-refractivity contribution is -0.141. The lowest BCUT2D eigenvalue weighted by atomic mass is 10.1. The molecule has 1 atom stereocenters. The maximum atomic E-state index is 12.6. The van der Waals surface area contributed by atoms with Crippen LogP contribution in [0.3, 0.4) is 0 Å². The summed E-state index contributed by atoms with van der Waals surface area (Å²) in [5, 5.41) is 0.564. The average molecular weight is 366 g/mol. The molecule has 2 fully saturated rings. The first-order valence-electron chi connectivity index (χ1n) is 8.71.